The van der Waals surface area contributed by atoms with Gasteiger partial charge in [-0.1, -0.05) is 38.0 Å². The van der Waals surface area contributed by atoms with Crippen LogP contribution < -0.4 is 5.32 Å². The third kappa shape index (κ3) is 2.95. The summed E-state index contributed by atoms with van der Waals surface area (Å²) in [6.07, 6.45) is 5.19. The van der Waals surface area contributed by atoms with E-state index in [0.717, 1.165) is 27.4 Å². The van der Waals surface area contributed by atoms with Gasteiger partial charge in [-0.15, -0.1) is 11.3 Å². The molecule has 4 rings (SSSR count). The van der Waals surface area contributed by atoms with Gasteiger partial charge in [0.2, 0.25) is 0 Å². The van der Waals surface area contributed by atoms with Crippen molar-refractivity contribution in [3.05, 3.63) is 41.8 Å². The van der Waals surface area contributed by atoms with Crippen LogP contribution in [0.25, 0.3) is 21.6 Å². The number of nitrogens with zero attached hydrogens (tertiary/aromatic N) is 2. The molecule has 1 N–H and O–H groups in total. The van der Waals surface area contributed by atoms with E-state index in [0.29, 0.717) is 12.0 Å². The molecular weight excluding hydrogens is 302 g/mol. The number of aromatic nitrogens is 2. The lowest BCUT2D eigenvalue weighted by Gasteiger charge is -2.30. The molecule has 0 aliphatic heterocycles. The minimum atomic E-state index is 0.512. The van der Waals surface area contributed by atoms with Crippen LogP contribution in [0.2, 0.25) is 0 Å². The predicted octanol–water partition coefficient (Wildman–Crippen LogP) is 5.35. The molecule has 0 amide bonds. The zero-order valence-corrected chi connectivity index (χ0v) is 14.1. The Balaban J connectivity index is 1.77. The van der Waals surface area contributed by atoms with Crippen LogP contribution in [0.3, 0.4) is 0 Å². The summed E-state index contributed by atoms with van der Waals surface area (Å²) in [5.74, 6) is 2.50. The third-order valence-corrected chi connectivity index (χ3v) is 5.64. The molecule has 1 aliphatic carbocycles. The standard InChI is InChI=1S/C19H21N3S/c1-13-7-2-4-9-15(13)20-18-14-8-3-5-10-16(14)21-19(22-18)17-11-6-12-23-17/h3,5-6,8,10-13,15H,2,4,7,9H2,1H3,(H,20,21,22)/t13-,15-/m1/s1. The highest BCUT2D eigenvalue weighted by molar-refractivity contribution is 7.13. The second kappa shape index (κ2) is 6.28. The Morgan fingerprint density at radius 3 is 2.74 bits per heavy atom. The molecule has 118 valence electrons. The summed E-state index contributed by atoms with van der Waals surface area (Å²) in [6.45, 7) is 2.35. The third-order valence-electron chi connectivity index (χ3n) is 4.78. The highest BCUT2D eigenvalue weighted by Gasteiger charge is 2.22. The van der Waals surface area contributed by atoms with E-state index in [1.807, 2.05) is 6.07 Å². The van der Waals surface area contributed by atoms with E-state index in [4.69, 9.17) is 9.97 Å². The summed E-state index contributed by atoms with van der Waals surface area (Å²) in [4.78, 5) is 10.7. The number of thiophene rings is 1. The molecule has 1 saturated carbocycles. The fourth-order valence-corrected chi connectivity index (χ4v) is 4.07. The Morgan fingerprint density at radius 1 is 1.04 bits per heavy atom. The predicted molar refractivity (Wildman–Crippen MR) is 97.9 cm³/mol. The van der Waals surface area contributed by atoms with E-state index in [2.05, 4.69) is 48.0 Å². The van der Waals surface area contributed by atoms with E-state index in [1.54, 1.807) is 11.3 Å². The van der Waals surface area contributed by atoms with E-state index in [1.165, 1.54) is 25.7 Å². The van der Waals surface area contributed by atoms with E-state index in [-0.39, 0.29) is 0 Å². The van der Waals surface area contributed by atoms with Gasteiger partial charge >= 0.3 is 0 Å². The molecular formula is C19H21N3S. The first-order valence-corrected chi connectivity index (χ1v) is 9.26. The number of hydrogen-bond donors (Lipinski definition) is 1. The number of nitrogens with one attached hydrogen (secondary N) is 1. The van der Waals surface area contributed by atoms with Gasteiger partial charge in [0.1, 0.15) is 5.82 Å². The lowest BCUT2D eigenvalue weighted by atomic mass is 9.86. The fourth-order valence-electron chi connectivity index (χ4n) is 3.41. The lowest BCUT2D eigenvalue weighted by molar-refractivity contribution is 0.349. The number of rotatable bonds is 3. The topological polar surface area (TPSA) is 37.8 Å². The van der Waals surface area contributed by atoms with Crippen LogP contribution in [0.4, 0.5) is 5.82 Å². The summed E-state index contributed by atoms with van der Waals surface area (Å²) in [5.41, 5.74) is 1.01. The van der Waals surface area contributed by atoms with Crippen molar-refractivity contribution in [3.8, 4) is 10.7 Å². The quantitative estimate of drug-likeness (QED) is 0.706. The van der Waals surface area contributed by atoms with Gasteiger partial charge in [0.25, 0.3) is 0 Å². The zero-order chi connectivity index (χ0) is 15.6. The van der Waals surface area contributed by atoms with Crippen LogP contribution in [0.15, 0.2) is 41.8 Å². The molecule has 3 aromatic rings. The highest BCUT2D eigenvalue weighted by Crippen LogP contribution is 2.31. The summed E-state index contributed by atoms with van der Waals surface area (Å²) < 4.78 is 0. The molecule has 4 heteroatoms. The smallest absolute Gasteiger partial charge is 0.172 e. The first-order valence-electron chi connectivity index (χ1n) is 8.38. The van der Waals surface area contributed by atoms with Gasteiger partial charge in [-0.3, -0.25) is 0 Å². The Labute approximate surface area is 140 Å². The molecule has 0 spiro atoms. The number of para-hydroxylation sites is 1. The molecule has 1 aromatic carbocycles. The maximum atomic E-state index is 4.86. The second-order valence-corrected chi connectivity index (χ2v) is 7.35. The molecule has 0 unspecified atom stereocenters. The molecule has 0 saturated heterocycles. The number of hydrogen-bond acceptors (Lipinski definition) is 4. The number of anilines is 1. The van der Waals surface area contributed by atoms with Crippen LogP contribution in [0.1, 0.15) is 32.6 Å². The van der Waals surface area contributed by atoms with Crippen molar-refractivity contribution in [2.24, 2.45) is 5.92 Å². The van der Waals surface area contributed by atoms with Gasteiger partial charge in [-0.25, -0.2) is 9.97 Å². The van der Waals surface area contributed by atoms with Crippen molar-refractivity contribution >= 4 is 28.1 Å². The van der Waals surface area contributed by atoms with E-state index < -0.39 is 0 Å². The molecule has 23 heavy (non-hydrogen) atoms. The molecule has 1 aliphatic rings. The normalized spacial score (nSPS) is 21.4. The first kappa shape index (κ1) is 14.6. The highest BCUT2D eigenvalue weighted by atomic mass is 32.1. The molecule has 0 radical (unpaired) electrons. The molecule has 2 atom stereocenters. The van der Waals surface area contributed by atoms with Crippen LogP contribution in [0, 0.1) is 5.92 Å². The zero-order valence-electron chi connectivity index (χ0n) is 13.3. The Morgan fingerprint density at radius 2 is 1.91 bits per heavy atom. The lowest BCUT2D eigenvalue weighted by Crippen LogP contribution is -2.30. The maximum absolute atomic E-state index is 4.86. The Bertz CT molecular complexity index is 797. The molecule has 3 nitrogen and oxygen atoms in total. The molecule has 2 heterocycles. The monoisotopic (exact) mass is 323 g/mol. The summed E-state index contributed by atoms with van der Waals surface area (Å²) in [7, 11) is 0. The van der Waals surface area contributed by atoms with Crippen molar-refractivity contribution in [1.29, 1.82) is 0 Å². The fraction of sp³-hybridized carbons (Fsp3) is 0.368. The van der Waals surface area contributed by atoms with Crippen molar-refractivity contribution in [1.82, 2.24) is 9.97 Å². The maximum Gasteiger partial charge on any atom is 0.172 e. The van der Waals surface area contributed by atoms with Gasteiger partial charge in [0.05, 0.1) is 10.4 Å². The van der Waals surface area contributed by atoms with Gasteiger partial charge < -0.3 is 5.32 Å². The van der Waals surface area contributed by atoms with Gasteiger partial charge in [0, 0.05) is 11.4 Å². The van der Waals surface area contributed by atoms with Crippen LogP contribution >= 0.6 is 11.3 Å². The SMILES string of the molecule is C[C@@H]1CCCC[C@H]1Nc1nc(-c2cccs2)nc2ccccc12. The van der Waals surface area contributed by atoms with Crippen LogP contribution in [-0.2, 0) is 0 Å². The largest absolute Gasteiger partial charge is 0.366 e. The van der Waals surface area contributed by atoms with Gasteiger partial charge in [-0.2, -0.15) is 0 Å². The van der Waals surface area contributed by atoms with Crippen LogP contribution in [-0.4, -0.2) is 16.0 Å². The second-order valence-electron chi connectivity index (χ2n) is 6.40. The Hall–Kier alpha value is -1.94. The van der Waals surface area contributed by atoms with Crippen LogP contribution in [0.5, 0.6) is 0 Å². The van der Waals surface area contributed by atoms with Crippen molar-refractivity contribution < 1.29 is 0 Å². The molecule has 1 fully saturated rings. The minimum absolute atomic E-state index is 0.512. The van der Waals surface area contributed by atoms with Gasteiger partial charge in [-0.05, 0) is 42.3 Å². The van der Waals surface area contributed by atoms with E-state index in [9.17, 15) is 0 Å². The van der Waals surface area contributed by atoms with Crippen molar-refractivity contribution in [2.75, 3.05) is 5.32 Å². The summed E-state index contributed by atoms with van der Waals surface area (Å²) >= 11 is 1.69. The number of fused-ring (bicyclic) bond motifs is 1. The van der Waals surface area contributed by atoms with E-state index >= 15 is 0 Å². The number of benzene rings is 1. The van der Waals surface area contributed by atoms with Crippen molar-refractivity contribution in [3.63, 3.8) is 0 Å². The Kier molecular flexibility index (Phi) is 4.00. The van der Waals surface area contributed by atoms with Gasteiger partial charge in [0.15, 0.2) is 5.82 Å². The molecule has 0 bridgehead atoms. The van der Waals surface area contributed by atoms with Crippen molar-refractivity contribution in [2.45, 2.75) is 38.6 Å². The average molecular weight is 323 g/mol. The average Bonchev–Trinajstić information content (AvgIpc) is 3.11. The summed E-state index contributed by atoms with van der Waals surface area (Å²) in [6, 6.07) is 12.9. The minimum Gasteiger partial charge on any atom is -0.366 e. The summed E-state index contributed by atoms with van der Waals surface area (Å²) in [5, 5.41) is 6.92. The first-order chi connectivity index (χ1) is 11.3. The molecule has 2 aromatic heterocycles.